The van der Waals surface area contributed by atoms with Crippen LogP contribution in [0.3, 0.4) is 0 Å². The van der Waals surface area contributed by atoms with Crippen LogP contribution >= 0.6 is 21.3 Å². The Morgan fingerprint density at radius 1 is 1.15 bits per heavy atom. The van der Waals surface area contributed by atoms with Crippen molar-refractivity contribution in [2.24, 2.45) is 13.4 Å². The number of piperidine rings is 1. The first kappa shape index (κ1) is 18.2. The molecule has 1 aromatic carbocycles. The monoisotopic (exact) mass is 483 g/mol. The number of rotatable bonds is 5. The molecule has 9 nitrogen and oxygen atoms in total. The molecular weight excluding hydrogens is 463 g/mol. The molecule has 3 heterocycles. The molecule has 0 saturated carbocycles. The van der Waals surface area contributed by atoms with Gasteiger partial charge in [-0.05, 0) is 24.3 Å². The lowest BCUT2D eigenvalue weighted by molar-refractivity contribution is -0.885. The summed E-state index contributed by atoms with van der Waals surface area (Å²) in [4.78, 5) is 25.6. The molecule has 1 aromatic rings. The van der Waals surface area contributed by atoms with Crippen molar-refractivity contribution in [2.45, 2.75) is 18.9 Å². The van der Waals surface area contributed by atoms with Gasteiger partial charge in [0.25, 0.3) is 0 Å². The highest BCUT2D eigenvalue weighted by Gasteiger charge is 2.29. The van der Waals surface area contributed by atoms with Gasteiger partial charge in [-0.25, -0.2) is 17.6 Å². The molecule has 0 unspecified atom stereocenters. The summed E-state index contributed by atoms with van der Waals surface area (Å²) in [5.41, 5.74) is 1.40. The first-order valence-corrected chi connectivity index (χ1v) is 10.7. The summed E-state index contributed by atoms with van der Waals surface area (Å²) >= 11 is -0.335. The van der Waals surface area contributed by atoms with Crippen molar-refractivity contribution >= 4 is 39.1 Å². The molecule has 0 atom stereocenters. The zero-order valence-electron chi connectivity index (χ0n) is 14.8. The van der Waals surface area contributed by atoms with E-state index in [9.17, 15) is 9.59 Å². The van der Waals surface area contributed by atoms with Crippen LogP contribution in [-0.4, -0.2) is 48.0 Å². The second-order valence-electron chi connectivity index (χ2n) is 6.70. The SMILES string of the molecule is C[NH+]1CCC(N2C=C(COc3ccc(N4C(=O)N=NC4=O)cc3)N=I2)CC1. The zero-order chi connectivity index (χ0) is 18.8. The van der Waals surface area contributed by atoms with Crippen molar-refractivity contribution in [2.75, 3.05) is 31.6 Å². The van der Waals surface area contributed by atoms with E-state index in [4.69, 9.17) is 4.74 Å². The molecule has 1 N–H and O–H groups in total. The van der Waals surface area contributed by atoms with E-state index in [1.54, 1.807) is 29.2 Å². The number of hydrogen-bond donors (Lipinski definition) is 1. The van der Waals surface area contributed by atoms with Crippen LogP contribution in [0.4, 0.5) is 15.3 Å². The van der Waals surface area contributed by atoms with Crippen LogP contribution in [-0.2, 0) is 0 Å². The van der Waals surface area contributed by atoms with Gasteiger partial charge in [0, 0.05) is 19.0 Å². The number of amides is 4. The number of likely N-dealkylation sites (tertiary alicyclic amines) is 1. The number of carbonyl (C=O) groups excluding carboxylic acids is 2. The van der Waals surface area contributed by atoms with E-state index >= 15 is 0 Å². The standard InChI is InChI=1S/C17H19IN6O3/c1-22-8-6-13(7-9-22)23-10-12(19-18-23)11-27-15-4-2-14(3-5-15)24-16(25)20-21-17(24)26/h2-5,10,13H,6-9,11H2,1H3/p+1. The van der Waals surface area contributed by atoms with Crippen molar-refractivity contribution in [3.63, 3.8) is 0 Å². The second-order valence-corrected chi connectivity index (χ2v) is 8.72. The van der Waals surface area contributed by atoms with Crippen LogP contribution in [0.1, 0.15) is 12.8 Å². The Balaban J connectivity index is 1.32. The number of benzene rings is 1. The van der Waals surface area contributed by atoms with Gasteiger partial charge in [-0.2, -0.15) is 0 Å². The topological polar surface area (TPSA) is 91.4 Å². The van der Waals surface area contributed by atoms with Gasteiger partial charge in [-0.1, -0.05) is 10.2 Å². The molecule has 3 aliphatic heterocycles. The Labute approximate surface area is 167 Å². The van der Waals surface area contributed by atoms with Crippen molar-refractivity contribution < 1.29 is 19.2 Å². The highest BCUT2D eigenvalue weighted by Crippen LogP contribution is 2.30. The third-order valence-corrected chi connectivity index (χ3v) is 7.15. The summed E-state index contributed by atoms with van der Waals surface area (Å²) in [7, 11) is 2.25. The lowest BCUT2D eigenvalue weighted by atomic mass is 10.1. The number of imide groups is 1. The molecule has 142 valence electrons. The van der Waals surface area contributed by atoms with E-state index in [1.165, 1.54) is 25.9 Å². The molecule has 0 radical (unpaired) electrons. The molecular formula is C17H20IN6O3+. The van der Waals surface area contributed by atoms with Crippen molar-refractivity contribution in [1.29, 1.82) is 0 Å². The Hall–Kier alpha value is -2.21. The third kappa shape index (κ3) is 4.05. The minimum atomic E-state index is -0.678. The molecule has 0 bridgehead atoms. The van der Waals surface area contributed by atoms with Crippen LogP contribution in [0.2, 0.25) is 0 Å². The number of nitrogens with one attached hydrogen (secondary N) is 1. The van der Waals surface area contributed by atoms with E-state index in [0.717, 1.165) is 10.6 Å². The van der Waals surface area contributed by atoms with Crippen molar-refractivity contribution in [1.82, 2.24) is 3.11 Å². The van der Waals surface area contributed by atoms with E-state index in [1.807, 2.05) is 0 Å². The number of azo groups is 1. The molecule has 0 aromatic heterocycles. The van der Waals surface area contributed by atoms with Crippen LogP contribution in [0.15, 0.2) is 49.5 Å². The van der Waals surface area contributed by atoms with Crippen molar-refractivity contribution in [3.8, 4) is 5.75 Å². The predicted octanol–water partition coefficient (Wildman–Crippen LogP) is 2.48. The van der Waals surface area contributed by atoms with Crippen LogP contribution in [0.5, 0.6) is 5.75 Å². The highest BCUT2D eigenvalue weighted by molar-refractivity contribution is 14.1. The summed E-state index contributed by atoms with van der Waals surface area (Å²) in [5, 5.41) is 6.49. The maximum atomic E-state index is 11.5. The molecule has 4 amide bonds. The van der Waals surface area contributed by atoms with Gasteiger partial charge in [0.05, 0.1) is 31.9 Å². The molecule has 10 heteroatoms. The van der Waals surface area contributed by atoms with Crippen LogP contribution in [0, 0.1) is 0 Å². The summed E-state index contributed by atoms with van der Waals surface area (Å²) in [6, 6.07) is 5.98. The highest BCUT2D eigenvalue weighted by atomic mass is 127. The summed E-state index contributed by atoms with van der Waals surface area (Å²) in [5.74, 6) is 0.655. The Morgan fingerprint density at radius 2 is 1.81 bits per heavy atom. The van der Waals surface area contributed by atoms with E-state index < -0.39 is 12.1 Å². The number of anilines is 1. The maximum absolute atomic E-state index is 11.5. The normalized spacial score (nSPS) is 25.0. The smallest absolute Gasteiger partial charge is 0.375 e. The number of ether oxygens (including phenoxy) is 1. The van der Waals surface area contributed by atoms with Gasteiger partial charge in [0.15, 0.2) is 0 Å². The average Bonchev–Trinajstić information content (AvgIpc) is 3.28. The quantitative estimate of drug-likeness (QED) is 0.515. The maximum Gasteiger partial charge on any atom is 0.375 e. The van der Waals surface area contributed by atoms with Gasteiger partial charge in [0.1, 0.15) is 39.4 Å². The molecule has 0 spiro atoms. The number of carbonyl (C=O) groups is 2. The van der Waals surface area contributed by atoms with Gasteiger partial charge >= 0.3 is 12.1 Å². The van der Waals surface area contributed by atoms with E-state index in [0.29, 0.717) is 24.1 Å². The summed E-state index contributed by atoms with van der Waals surface area (Å²) in [6.07, 6.45) is 4.59. The second kappa shape index (κ2) is 7.80. The van der Waals surface area contributed by atoms with Crippen molar-refractivity contribution in [3.05, 3.63) is 36.2 Å². The van der Waals surface area contributed by atoms with E-state index in [-0.39, 0.29) is 21.3 Å². The average molecular weight is 483 g/mol. The molecule has 27 heavy (non-hydrogen) atoms. The fraction of sp³-hybridized carbons (Fsp3) is 0.412. The first-order valence-electron chi connectivity index (χ1n) is 8.78. The number of nitrogens with zero attached hydrogens (tertiary/aromatic N) is 5. The number of quaternary nitrogens is 1. The molecule has 3 aliphatic rings. The molecule has 0 aliphatic carbocycles. The number of urea groups is 2. The molecule has 1 fully saturated rings. The summed E-state index contributed by atoms with van der Waals surface area (Å²) in [6.45, 7) is 2.86. The van der Waals surface area contributed by atoms with Crippen LogP contribution in [0.25, 0.3) is 0 Å². The third-order valence-electron chi connectivity index (χ3n) is 4.75. The number of halogens is 1. The van der Waals surface area contributed by atoms with Gasteiger partial charge < -0.3 is 12.8 Å². The Bertz CT molecular complexity index is 812. The van der Waals surface area contributed by atoms with Crippen LogP contribution < -0.4 is 14.5 Å². The fourth-order valence-electron chi connectivity index (χ4n) is 3.18. The predicted molar refractivity (Wildman–Crippen MR) is 106 cm³/mol. The lowest BCUT2D eigenvalue weighted by Crippen LogP contribution is -3.10. The zero-order valence-corrected chi connectivity index (χ0v) is 17.0. The molecule has 1 saturated heterocycles. The lowest BCUT2D eigenvalue weighted by Gasteiger charge is -2.30. The van der Waals surface area contributed by atoms with Gasteiger partial charge in [-0.3, -0.25) is 0 Å². The Morgan fingerprint density at radius 3 is 2.48 bits per heavy atom. The van der Waals surface area contributed by atoms with E-state index in [2.05, 4.69) is 29.7 Å². The summed E-state index contributed by atoms with van der Waals surface area (Å²) < 4.78 is 12.9. The minimum Gasteiger partial charge on any atom is -0.487 e. The first-order chi connectivity index (χ1) is 13.1. The van der Waals surface area contributed by atoms with Gasteiger partial charge in [0.2, 0.25) is 0 Å². The largest absolute Gasteiger partial charge is 0.487 e. The van der Waals surface area contributed by atoms with Gasteiger partial charge in [-0.15, -0.1) is 0 Å². The molecule has 4 rings (SSSR count). The fourth-order valence-corrected chi connectivity index (χ4v) is 5.32. The Kier molecular flexibility index (Phi) is 5.25. The minimum absolute atomic E-state index is 0.335. The number of hydrogen-bond acceptors (Lipinski definition) is 5.